The third-order valence-corrected chi connectivity index (χ3v) is 3.11. The minimum Gasteiger partial charge on any atom is -0.484 e. The van der Waals surface area contributed by atoms with E-state index in [0.29, 0.717) is 6.42 Å². The van der Waals surface area contributed by atoms with Crippen LogP contribution in [0.3, 0.4) is 0 Å². The minimum atomic E-state index is -3.62. The molecule has 1 aromatic rings. The van der Waals surface area contributed by atoms with Gasteiger partial charge in [0.1, 0.15) is 0 Å². The van der Waals surface area contributed by atoms with Gasteiger partial charge >= 0.3 is 0 Å². The highest BCUT2D eigenvalue weighted by molar-refractivity contribution is 7.90. The Kier molecular flexibility index (Phi) is 3.85. The Morgan fingerprint density at radius 2 is 1.93 bits per heavy atom. The predicted molar refractivity (Wildman–Crippen MR) is 58.4 cm³/mol. The van der Waals surface area contributed by atoms with E-state index in [1.165, 1.54) is 19.2 Å². The van der Waals surface area contributed by atoms with Crippen molar-refractivity contribution in [1.82, 2.24) is 0 Å². The molecular weight excluding hydrogens is 214 g/mol. The smallest absolute Gasteiger partial charge is 0.285 e. The molecule has 0 fully saturated rings. The van der Waals surface area contributed by atoms with Crippen LogP contribution < -0.4 is 0 Å². The van der Waals surface area contributed by atoms with Crippen molar-refractivity contribution in [1.29, 1.82) is 0 Å². The van der Waals surface area contributed by atoms with Crippen molar-refractivity contribution in [3.63, 3.8) is 0 Å². The summed E-state index contributed by atoms with van der Waals surface area (Å²) in [6.07, 6.45) is 0.447. The maximum absolute atomic E-state index is 11.7. The van der Waals surface area contributed by atoms with Gasteiger partial charge < -0.3 is 4.74 Å². The SMILES string of the molecule is CC/C(=N\S(=O)(=O)c1ccccc1)OC. The summed E-state index contributed by atoms with van der Waals surface area (Å²) in [4.78, 5) is 0.174. The fourth-order valence-electron chi connectivity index (χ4n) is 1.03. The number of hydrogen-bond donors (Lipinski definition) is 0. The number of methoxy groups -OCH3 is 1. The quantitative estimate of drug-likeness (QED) is 0.584. The van der Waals surface area contributed by atoms with Gasteiger partial charge in [-0.2, -0.15) is 8.42 Å². The molecule has 0 aliphatic rings. The zero-order chi connectivity index (χ0) is 11.3. The normalized spacial score (nSPS) is 12.5. The van der Waals surface area contributed by atoms with E-state index in [1.54, 1.807) is 25.1 Å². The van der Waals surface area contributed by atoms with Crippen molar-refractivity contribution in [3.05, 3.63) is 30.3 Å². The summed E-state index contributed by atoms with van der Waals surface area (Å²) in [5.41, 5.74) is 0. The van der Waals surface area contributed by atoms with E-state index < -0.39 is 10.0 Å². The van der Waals surface area contributed by atoms with Crippen molar-refractivity contribution in [2.24, 2.45) is 4.40 Å². The Labute approximate surface area is 89.7 Å². The molecule has 0 saturated heterocycles. The molecule has 0 unspecified atom stereocenters. The Morgan fingerprint density at radius 3 is 2.40 bits per heavy atom. The van der Waals surface area contributed by atoms with Crippen LogP contribution in [0.15, 0.2) is 39.6 Å². The van der Waals surface area contributed by atoms with Gasteiger partial charge in [-0.05, 0) is 12.1 Å². The van der Waals surface area contributed by atoms with Crippen LogP contribution in [0.1, 0.15) is 13.3 Å². The molecule has 0 spiro atoms. The predicted octanol–water partition coefficient (Wildman–Crippen LogP) is 1.83. The lowest BCUT2D eigenvalue weighted by Crippen LogP contribution is -2.05. The van der Waals surface area contributed by atoms with E-state index in [-0.39, 0.29) is 10.8 Å². The number of benzene rings is 1. The molecule has 82 valence electrons. The average Bonchev–Trinajstić information content (AvgIpc) is 2.27. The highest BCUT2D eigenvalue weighted by Gasteiger charge is 2.13. The van der Waals surface area contributed by atoms with Gasteiger partial charge in [0.25, 0.3) is 10.0 Å². The highest BCUT2D eigenvalue weighted by Crippen LogP contribution is 2.11. The summed E-state index contributed by atoms with van der Waals surface area (Å²) >= 11 is 0. The van der Waals surface area contributed by atoms with Crippen LogP contribution in [0.4, 0.5) is 0 Å². The molecule has 0 aliphatic carbocycles. The first-order valence-corrected chi connectivity index (χ1v) is 5.97. The lowest BCUT2D eigenvalue weighted by molar-refractivity contribution is 0.393. The second kappa shape index (κ2) is 4.93. The molecule has 1 aromatic carbocycles. The van der Waals surface area contributed by atoms with E-state index in [0.717, 1.165) is 0 Å². The Morgan fingerprint density at radius 1 is 1.33 bits per heavy atom. The molecule has 0 bridgehead atoms. The molecule has 0 radical (unpaired) electrons. The molecule has 0 aliphatic heterocycles. The molecule has 0 N–H and O–H groups in total. The Balaban J connectivity index is 3.10. The van der Waals surface area contributed by atoms with Gasteiger partial charge in [-0.1, -0.05) is 25.1 Å². The molecule has 0 heterocycles. The van der Waals surface area contributed by atoms with Crippen LogP contribution in [0, 0.1) is 0 Å². The molecule has 1 rings (SSSR count). The summed E-state index contributed by atoms with van der Waals surface area (Å²) < 4.78 is 31.8. The maximum atomic E-state index is 11.7. The van der Waals surface area contributed by atoms with E-state index >= 15 is 0 Å². The summed E-state index contributed by atoms with van der Waals surface area (Å²) in [6.45, 7) is 1.78. The molecule has 0 amide bonds. The van der Waals surface area contributed by atoms with Gasteiger partial charge in [0, 0.05) is 6.42 Å². The van der Waals surface area contributed by atoms with Crippen LogP contribution >= 0.6 is 0 Å². The summed E-state index contributed by atoms with van der Waals surface area (Å²) in [5, 5.41) is 0. The van der Waals surface area contributed by atoms with E-state index in [2.05, 4.69) is 4.40 Å². The number of nitrogens with zero attached hydrogens (tertiary/aromatic N) is 1. The van der Waals surface area contributed by atoms with Crippen molar-refractivity contribution >= 4 is 15.9 Å². The molecule has 4 nitrogen and oxygen atoms in total. The standard InChI is InChI=1S/C10H13NO3S/c1-3-10(14-2)11-15(12,13)9-7-5-4-6-8-9/h4-8H,3H2,1-2H3/b11-10+. The lowest BCUT2D eigenvalue weighted by atomic mass is 10.4. The van der Waals surface area contributed by atoms with Crippen molar-refractivity contribution in [3.8, 4) is 0 Å². The van der Waals surface area contributed by atoms with Gasteiger partial charge in [0.2, 0.25) is 0 Å². The highest BCUT2D eigenvalue weighted by atomic mass is 32.2. The second-order valence-electron chi connectivity index (χ2n) is 2.83. The number of rotatable bonds is 3. The Hall–Kier alpha value is -1.36. The Bertz CT molecular complexity index is 431. The van der Waals surface area contributed by atoms with Gasteiger partial charge in [-0.3, -0.25) is 0 Å². The first-order valence-electron chi connectivity index (χ1n) is 4.53. The summed E-state index contributed by atoms with van der Waals surface area (Å²) in [7, 11) is -2.22. The third kappa shape index (κ3) is 3.06. The van der Waals surface area contributed by atoms with Crippen LogP contribution in [-0.4, -0.2) is 21.4 Å². The van der Waals surface area contributed by atoms with E-state index in [9.17, 15) is 8.42 Å². The van der Waals surface area contributed by atoms with Crippen LogP contribution in [-0.2, 0) is 14.8 Å². The summed E-state index contributed by atoms with van der Waals surface area (Å²) in [6, 6.07) is 8.06. The number of hydrogen-bond acceptors (Lipinski definition) is 3. The first-order chi connectivity index (χ1) is 7.10. The lowest BCUT2D eigenvalue weighted by Gasteiger charge is -2.02. The van der Waals surface area contributed by atoms with Crippen molar-refractivity contribution < 1.29 is 13.2 Å². The summed E-state index contributed by atoms with van der Waals surface area (Å²) in [5.74, 6) is 0.207. The van der Waals surface area contributed by atoms with Gasteiger partial charge in [0.05, 0.1) is 12.0 Å². The molecule has 0 aromatic heterocycles. The molecule has 15 heavy (non-hydrogen) atoms. The maximum Gasteiger partial charge on any atom is 0.285 e. The van der Waals surface area contributed by atoms with E-state index in [1.807, 2.05) is 0 Å². The monoisotopic (exact) mass is 227 g/mol. The number of ether oxygens (including phenoxy) is 1. The van der Waals surface area contributed by atoms with Crippen molar-refractivity contribution in [2.45, 2.75) is 18.2 Å². The van der Waals surface area contributed by atoms with Crippen LogP contribution in [0.25, 0.3) is 0 Å². The van der Waals surface area contributed by atoms with Crippen molar-refractivity contribution in [2.75, 3.05) is 7.11 Å². The molecular formula is C10H13NO3S. The molecule has 0 saturated carbocycles. The average molecular weight is 227 g/mol. The van der Waals surface area contributed by atoms with Gasteiger partial charge in [0.15, 0.2) is 5.90 Å². The fourth-order valence-corrected chi connectivity index (χ4v) is 2.10. The first kappa shape index (κ1) is 11.7. The topological polar surface area (TPSA) is 55.7 Å². The van der Waals surface area contributed by atoms with Crippen LogP contribution in [0.5, 0.6) is 0 Å². The molecule has 5 heteroatoms. The largest absolute Gasteiger partial charge is 0.484 e. The third-order valence-electron chi connectivity index (χ3n) is 1.80. The van der Waals surface area contributed by atoms with E-state index in [4.69, 9.17) is 4.74 Å². The minimum absolute atomic E-state index is 0.174. The second-order valence-corrected chi connectivity index (χ2v) is 4.43. The zero-order valence-electron chi connectivity index (χ0n) is 8.67. The van der Waals surface area contributed by atoms with Gasteiger partial charge in [-0.15, -0.1) is 4.40 Å². The fraction of sp³-hybridized carbons (Fsp3) is 0.300. The number of sulfonamides is 1. The van der Waals surface area contributed by atoms with Crippen LogP contribution in [0.2, 0.25) is 0 Å². The zero-order valence-corrected chi connectivity index (χ0v) is 9.49. The van der Waals surface area contributed by atoms with Gasteiger partial charge in [-0.25, -0.2) is 0 Å². The molecule has 0 atom stereocenters.